The molecule has 0 aromatic heterocycles. The number of rotatable bonds is 7. The Balaban J connectivity index is 1.91. The summed E-state index contributed by atoms with van der Waals surface area (Å²) in [6.07, 6.45) is 9.22. The summed E-state index contributed by atoms with van der Waals surface area (Å²) in [4.78, 5) is 0. The zero-order valence-corrected chi connectivity index (χ0v) is 12.9. The maximum absolute atomic E-state index is 5.59. The average molecular weight is 289 g/mol. The molecule has 0 saturated heterocycles. The number of benzene rings is 1. The van der Waals surface area contributed by atoms with Crippen LogP contribution in [0.25, 0.3) is 0 Å². The van der Waals surface area contributed by atoms with Gasteiger partial charge < -0.3 is 10.1 Å². The molecule has 0 spiro atoms. The Bertz CT molecular complexity index is 455. The molecule has 2 rings (SSSR count). The van der Waals surface area contributed by atoms with E-state index in [0.29, 0.717) is 12.6 Å². The number of terminal acetylenes is 1. The summed E-state index contributed by atoms with van der Waals surface area (Å²) < 4.78 is 5.59. The van der Waals surface area contributed by atoms with Gasteiger partial charge in [-0.15, -0.1) is 6.42 Å². The van der Waals surface area contributed by atoms with Gasteiger partial charge in [0.1, 0.15) is 12.4 Å². The highest BCUT2D eigenvalue weighted by molar-refractivity contribution is 7.99. The van der Waals surface area contributed by atoms with E-state index in [1.807, 2.05) is 18.2 Å². The van der Waals surface area contributed by atoms with Crippen molar-refractivity contribution in [1.82, 2.24) is 5.32 Å². The molecule has 0 radical (unpaired) electrons. The molecule has 0 heterocycles. The minimum absolute atomic E-state index is 0.328. The van der Waals surface area contributed by atoms with Crippen LogP contribution in [0.4, 0.5) is 0 Å². The second-order valence-electron chi connectivity index (χ2n) is 5.01. The van der Waals surface area contributed by atoms with Gasteiger partial charge >= 0.3 is 0 Å². The Hall–Kier alpha value is -1.11. The van der Waals surface area contributed by atoms with E-state index < -0.39 is 0 Å². The molecule has 2 unspecified atom stereocenters. The number of hydrogen-bond acceptors (Lipinski definition) is 3. The molecule has 1 fully saturated rings. The molecule has 0 bridgehead atoms. The van der Waals surface area contributed by atoms with Gasteiger partial charge in [-0.3, -0.25) is 0 Å². The monoisotopic (exact) mass is 289 g/mol. The van der Waals surface area contributed by atoms with Crippen molar-refractivity contribution in [3.8, 4) is 18.1 Å². The molecular formula is C17H23NOS. The van der Waals surface area contributed by atoms with Crippen LogP contribution in [0.5, 0.6) is 5.75 Å². The molecular weight excluding hydrogens is 266 g/mol. The molecule has 1 aromatic rings. The van der Waals surface area contributed by atoms with Gasteiger partial charge in [-0.25, -0.2) is 0 Å². The third-order valence-electron chi connectivity index (χ3n) is 3.67. The van der Waals surface area contributed by atoms with Crippen LogP contribution < -0.4 is 10.1 Å². The summed E-state index contributed by atoms with van der Waals surface area (Å²) in [7, 11) is 0. The fourth-order valence-corrected chi connectivity index (χ4v) is 3.95. The molecule has 1 N–H and O–H groups in total. The zero-order valence-electron chi connectivity index (χ0n) is 12.1. The molecule has 1 aromatic carbocycles. The molecule has 20 heavy (non-hydrogen) atoms. The van der Waals surface area contributed by atoms with Gasteiger partial charge in [0.15, 0.2) is 0 Å². The van der Waals surface area contributed by atoms with Crippen molar-refractivity contribution in [3.63, 3.8) is 0 Å². The summed E-state index contributed by atoms with van der Waals surface area (Å²) in [5.74, 6) is 4.62. The smallest absolute Gasteiger partial charge is 0.148 e. The third kappa shape index (κ3) is 4.19. The van der Waals surface area contributed by atoms with Gasteiger partial charge in [0.2, 0.25) is 0 Å². The first-order chi connectivity index (χ1) is 9.85. The van der Waals surface area contributed by atoms with Gasteiger partial charge in [-0.1, -0.05) is 37.5 Å². The quantitative estimate of drug-likeness (QED) is 0.777. The lowest BCUT2D eigenvalue weighted by Crippen LogP contribution is -2.33. The molecule has 108 valence electrons. The maximum atomic E-state index is 5.59. The van der Waals surface area contributed by atoms with E-state index in [4.69, 9.17) is 11.2 Å². The summed E-state index contributed by atoms with van der Waals surface area (Å²) in [5, 5.41) is 4.46. The highest BCUT2D eigenvalue weighted by Crippen LogP contribution is 2.30. The van der Waals surface area contributed by atoms with Crippen molar-refractivity contribution < 1.29 is 4.74 Å². The molecule has 1 aliphatic rings. The standard InChI is InChI=1S/C17H23NOS/c1-3-12-19-16-10-6-5-8-14(16)13-18-15-9-7-11-17(15)20-4-2/h1,5-6,8,10,15,17-18H,4,7,9,11-13H2,2H3. The topological polar surface area (TPSA) is 21.3 Å². The van der Waals surface area contributed by atoms with E-state index in [2.05, 4.69) is 36.0 Å². The second-order valence-corrected chi connectivity index (χ2v) is 6.53. The predicted octanol–water partition coefficient (Wildman–Crippen LogP) is 3.46. The van der Waals surface area contributed by atoms with E-state index >= 15 is 0 Å². The molecule has 3 heteroatoms. The van der Waals surface area contributed by atoms with E-state index in [1.165, 1.54) is 30.6 Å². The summed E-state index contributed by atoms with van der Waals surface area (Å²) in [5.41, 5.74) is 1.19. The SMILES string of the molecule is C#CCOc1ccccc1CNC1CCCC1SCC. The number of thioether (sulfide) groups is 1. The van der Waals surface area contributed by atoms with E-state index in [-0.39, 0.29) is 0 Å². The van der Waals surface area contributed by atoms with Crippen LogP contribution in [0.15, 0.2) is 24.3 Å². The minimum atomic E-state index is 0.328. The number of ether oxygens (including phenoxy) is 1. The largest absolute Gasteiger partial charge is 0.481 e. The van der Waals surface area contributed by atoms with Crippen LogP contribution in [-0.4, -0.2) is 23.7 Å². The number of nitrogens with one attached hydrogen (secondary N) is 1. The first-order valence-electron chi connectivity index (χ1n) is 7.34. The van der Waals surface area contributed by atoms with Crippen molar-refractivity contribution in [3.05, 3.63) is 29.8 Å². The van der Waals surface area contributed by atoms with Gasteiger partial charge in [0, 0.05) is 23.4 Å². The number of para-hydroxylation sites is 1. The fraction of sp³-hybridized carbons (Fsp3) is 0.529. The van der Waals surface area contributed by atoms with E-state index in [9.17, 15) is 0 Å². The summed E-state index contributed by atoms with van der Waals surface area (Å²) in [6, 6.07) is 8.75. The lowest BCUT2D eigenvalue weighted by atomic mass is 10.1. The molecule has 0 aliphatic heterocycles. The van der Waals surface area contributed by atoms with Crippen molar-refractivity contribution >= 4 is 11.8 Å². The maximum Gasteiger partial charge on any atom is 0.148 e. The Morgan fingerprint density at radius 3 is 3.05 bits per heavy atom. The molecule has 0 amide bonds. The van der Waals surface area contributed by atoms with Crippen LogP contribution in [0.2, 0.25) is 0 Å². The van der Waals surface area contributed by atoms with Gasteiger partial charge in [-0.05, 0) is 24.7 Å². The third-order valence-corrected chi connectivity index (χ3v) is 5.00. The Morgan fingerprint density at radius 1 is 1.40 bits per heavy atom. The van der Waals surface area contributed by atoms with Crippen LogP contribution in [-0.2, 0) is 6.54 Å². The van der Waals surface area contributed by atoms with Gasteiger partial charge in [0.25, 0.3) is 0 Å². The van der Waals surface area contributed by atoms with Gasteiger partial charge in [0.05, 0.1) is 0 Å². The Morgan fingerprint density at radius 2 is 2.25 bits per heavy atom. The van der Waals surface area contributed by atoms with Crippen LogP contribution in [0.3, 0.4) is 0 Å². The normalized spacial score (nSPS) is 21.6. The lowest BCUT2D eigenvalue weighted by molar-refractivity contribution is 0.363. The molecule has 2 nitrogen and oxygen atoms in total. The first kappa shape index (κ1) is 15.3. The highest BCUT2D eigenvalue weighted by Gasteiger charge is 2.26. The highest BCUT2D eigenvalue weighted by atomic mass is 32.2. The van der Waals surface area contributed by atoms with E-state index in [1.54, 1.807) is 0 Å². The van der Waals surface area contributed by atoms with Crippen molar-refractivity contribution in [2.45, 2.75) is 44.0 Å². The van der Waals surface area contributed by atoms with E-state index in [0.717, 1.165) is 17.5 Å². The fourth-order valence-electron chi connectivity index (χ4n) is 2.72. The average Bonchev–Trinajstić information content (AvgIpc) is 2.91. The molecule has 2 atom stereocenters. The van der Waals surface area contributed by atoms with Crippen LogP contribution in [0.1, 0.15) is 31.7 Å². The van der Waals surface area contributed by atoms with Gasteiger partial charge in [-0.2, -0.15) is 11.8 Å². The first-order valence-corrected chi connectivity index (χ1v) is 8.39. The van der Waals surface area contributed by atoms with Crippen molar-refractivity contribution in [2.24, 2.45) is 0 Å². The zero-order chi connectivity index (χ0) is 14.2. The summed E-state index contributed by atoms with van der Waals surface area (Å²) in [6.45, 7) is 3.42. The second kappa shape index (κ2) is 8.24. The summed E-state index contributed by atoms with van der Waals surface area (Å²) >= 11 is 2.08. The Labute approximate surface area is 126 Å². The van der Waals surface area contributed by atoms with Crippen LogP contribution >= 0.6 is 11.8 Å². The van der Waals surface area contributed by atoms with Crippen molar-refractivity contribution in [2.75, 3.05) is 12.4 Å². The molecule has 1 saturated carbocycles. The Kier molecular flexibility index (Phi) is 6.29. The number of hydrogen-bond donors (Lipinski definition) is 1. The predicted molar refractivity (Wildman–Crippen MR) is 87.2 cm³/mol. The van der Waals surface area contributed by atoms with Crippen LogP contribution in [0, 0.1) is 12.3 Å². The minimum Gasteiger partial charge on any atom is -0.481 e. The molecule has 1 aliphatic carbocycles. The lowest BCUT2D eigenvalue weighted by Gasteiger charge is -2.21. The van der Waals surface area contributed by atoms with Crippen molar-refractivity contribution in [1.29, 1.82) is 0 Å².